The average molecular weight is 225 g/mol. The number of fused-ring (bicyclic) bond motifs is 1. The zero-order valence-corrected chi connectivity index (χ0v) is 8.27. The van der Waals surface area contributed by atoms with E-state index in [2.05, 4.69) is 4.74 Å². The lowest BCUT2D eigenvalue weighted by atomic mass is 9.79. The van der Waals surface area contributed by atoms with Crippen molar-refractivity contribution in [3.63, 3.8) is 0 Å². The van der Waals surface area contributed by atoms with Gasteiger partial charge in [-0.25, -0.2) is 4.39 Å². The van der Waals surface area contributed by atoms with Crippen LogP contribution in [0.1, 0.15) is 5.56 Å². The van der Waals surface area contributed by atoms with Crippen LogP contribution >= 0.6 is 0 Å². The summed E-state index contributed by atoms with van der Waals surface area (Å²) in [6.45, 7) is -0.200. The number of hydrogen-bond acceptors (Lipinski definition) is 5. The van der Waals surface area contributed by atoms with E-state index in [0.717, 1.165) is 0 Å². The summed E-state index contributed by atoms with van der Waals surface area (Å²) in [5.74, 6) is -1.68. The minimum atomic E-state index is -1.11. The molecule has 1 aromatic rings. The van der Waals surface area contributed by atoms with E-state index >= 15 is 0 Å². The summed E-state index contributed by atoms with van der Waals surface area (Å²) in [4.78, 5) is 10.9. The van der Waals surface area contributed by atoms with Gasteiger partial charge in [-0.3, -0.25) is 4.79 Å². The van der Waals surface area contributed by atoms with E-state index in [4.69, 9.17) is 10.4 Å². The van der Waals surface area contributed by atoms with Crippen LogP contribution in [0.15, 0.2) is 12.1 Å². The third kappa shape index (κ3) is 1.92. The van der Waals surface area contributed by atoms with Crippen LogP contribution in [0.4, 0.5) is 4.39 Å². The molecule has 1 aliphatic heterocycles. The fourth-order valence-corrected chi connectivity index (χ4v) is 1.47. The number of halogens is 1. The Kier molecular flexibility index (Phi) is 2.91. The molecule has 84 valence electrons. The normalized spacial score (nSPS) is 13.8. The van der Waals surface area contributed by atoms with Crippen molar-refractivity contribution in [1.82, 2.24) is 0 Å². The second kappa shape index (κ2) is 4.21. The van der Waals surface area contributed by atoms with Crippen molar-refractivity contribution in [2.75, 3.05) is 6.54 Å². The molecule has 0 spiro atoms. The molecular formula is C9H9BFNO4. The first kappa shape index (κ1) is 11.1. The molecule has 1 aromatic carbocycles. The zero-order valence-electron chi connectivity index (χ0n) is 8.27. The van der Waals surface area contributed by atoms with Gasteiger partial charge in [-0.1, -0.05) is 0 Å². The fraction of sp³-hybridized carbons (Fsp3) is 0.222. The largest absolute Gasteiger partial charge is 0.491 e. The molecule has 0 fully saturated rings. The van der Waals surface area contributed by atoms with Crippen molar-refractivity contribution in [1.29, 1.82) is 0 Å². The van der Waals surface area contributed by atoms with Gasteiger partial charge >= 0.3 is 13.1 Å². The quantitative estimate of drug-likeness (QED) is 0.379. The summed E-state index contributed by atoms with van der Waals surface area (Å²) in [5.41, 5.74) is 5.98. The van der Waals surface area contributed by atoms with Gasteiger partial charge in [0.05, 0.1) is 13.2 Å². The van der Waals surface area contributed by atoms with E-state index < -0.39 is 18.9 Å². The monoisotopic (exact) mass is 225 g/mol. The Morgan fingerprint density at radius 1 is 1.69 bits per heavy atom. The Bertz CT molecular complexity index is 440. The van der Waals surface area contributed by atoms with Crippen LogP contribution in [0.2, 0.25) is 0 Å². The highest BCUT2D eigenvalue weighted by molar-refractivity contribution is 6.61. The highest BCUT2D eigenvalue weighted by Gasteiger charge is 2.29. The number of benzene rings is 1. The molecule has 0 unspecified atom stereocenters. The molecule has 0 radical (unpaired) electrons. The van der Waals surface area contributed by atoms with Crippen LogP contribution in [0.5, 0.6) is 5.75 Å². The standard InChI is InChI=1S/C9H9BFNO4/c11-7-1-5-4-15-10(14)6(5)2-8(7)16-9(13)3-12/h1-2,14H,3-4,12H2. The lowest BCUT2D eigenvalue weighted by Gasteiger charge is -2.06. The van der Waals surface area contributed by atoms with Crippen molar-refractivity contribution in [3.05, 3.63) is 23.5 Å². The highest BCUT2D eigenvalue weighted by Crippen LogP contribution is 2.20. The molecule has 0 saturated heterocycles. The Balaban J connectivity index is 2.33. The number of esters is 1. The van der Waals surface area contributed by atoms with E-state index in [0.29, 0.717) is 11.0 Å². The van der Waals surface area contributed by atoms with Crippen LogP contribution in [0, 0.1) is 5.82 Å². The van der Waals surface area contributed by atoms with Crippen molar-refractivity contribution < 1.29 is 23.6 Å². The molecule has 0 saturated carbocycles. The van der Waals surface area contributed by atoms with Gasteiger partial charge < -0.3 is 20.1 Å². The molecule has 0 amide bonds. The first-order chi connectivity index (χ1) is 7.61. The van der Waals surface area contributed by atoms with E-state index in [1.54, 1.807) is 0 Å². The SMILES string of the molecule is NCC(=O)Oc1cc2c(cc1F)COB2O. The molecule has 3 N–H and O–H groups in total. The minimum Gasteiger partial charge on any atom is -0.423 e. The highest BCUT2D eigenvalue weighted by atomic mass is 19.1. The number of ether oxygens (including phenoxy) is 1. The molecule has 7 heteroatoms. The van der Waals surface area contributed by atoms with Crippen LogP contribution < -0.4 is 15.9 Å². The van der Waals surface area contributed by atoms with Gasteiger partial charge in [0.25, 0.3) is 0 Å². The minimum absolute atomic E-state index is 0.137. The van der Waals surface area contributed by atoms with Gasteiger partial charge in [0.2, 0.25) is 0 Å². The summed E-state index contributed by atoms with van der Waals surface area (Å²) in [5, 5.41) is 9.38. The molecule has 0 bridgehead atoms. The van der Waals surface area contributed by atoms with Gasteiger partial charge in [0, 0.05) is 0 Å². The summed E-state index contributed by atoms with van der Waals surface area (Å²) in [6, 6.07) is 2.42. The first-order valence-electron chi connectivity index (χ1n) is 4.64. The molecular weight excluding hydrogens is 216 g/mol. The zero-order chi connectivity index (χ0) is 11.7. The summed E-state index contributed by atoms with van der Waals surface area (Å²) in [6.07, 6.45) is 0. The molecule has 0 aromatic heterocycles. The summed E-state index contributed by atoms with van der Waals surface area (Å²) >= 11 is 0. The van der Waals surface area contributed by atoms with Crippen LogP contribution in [-0.2, 0) is 16.1 Å². The van der Waals surface area contributed by atoms with E-state index in [1.807, 2.05) is 0 Å². The second-order valence-corrected chi connectivity index (χ2v) is 3.32. The smallest absolute Gasteiger partial charge is 0.423 e. The molecule has 1 heterocycles. The summed E-state index contributed by atoms with van der Waals surface area (Å²) < 4.78 is 23.0. The third-order valence-corrected chi connectivity index (χ3v) is 2.25. The van der Waals surface area contributed by atoms with Crippen molar-refractivity contribution >= 4 is 18.6 Å². The lowest BCUT2D eigenvalue weighted by molar-refractivity contribution is -0.132. The Morgan fingerprint density at radius 3 is 3.12 bits per heavy atom. The molecule has 0 aliphatic carbocycles. The third-order valence-electron chi connectivity index (χ3n) is 2.25. The maximum atomic E-state index is 13.4. The van der Waals surface area contributed by atoms with Crippen LogP contribution in [0.25, 0.3) is 0 Å². The number of nitrogens with two attached hydrogens (primary N) is 1. The predicted octanol–water partition coefficient (Wildman–Crippen LogP) is -1.09. The first-order valence-corrected chi connectivity index (χ1v) is 4.64. The lowest BCUT2D eigenvalue weighted by Crippen LogP contribution is -2.29. The number of carbonyl (C=O) groups is 1. The van der Waals surface area contributed by atoms with Crippen molar-refractivity contribution in [2.45, 2.75) is 6.61 Å². The molecule has 16 heavy (non-hydrogen) atoms. The van der Waals surface area contributed by atoms with Gasteiger partial charge in [-0.2, -0.15) is 0 Å². The van der Waals surface area contributed by atoms with Gasteiger partial charge in [-0.15, -0.1) is 0 Å². The number of hydrogen-bond donors (Lipinski definition) is 2. The van der Waals surface area contributed by atoms with Gasteiger partial charge in [0.15, 0.2) is 11.6 Å². The van der Waals surface area contributed by atoms with Crippen LogP contribution in [0.3, 0.4) is 0 Å². The topological polar surface area (TPSA) is 81.8 Å². The van der Waals surface area contributed by atoms with E-state index in [9.17, 15) is 14.2 Å². The van der Waals surface area contributed by atoms with Crippen molar-refractivity contribution in [2.24, 2.45) is 5.73 Å². The Labute approximate surface area is 91.1 Å². The average Bonchev–Trinajstić information content (AvgIpc) is 2.61. The maximum absolute atomic E-state index is 13.4. The Morgan fingerprint density at radius 2 is 2.44 bits per heavy atom. The van der Waals surface area contributed by atoms with E-state index in [-0.39, 0.29) is 18.9 Å². The van der Waals surface area contributed by atoms with Crippen molar-refractivity contribution in [3.8, 4) is 5.75 Å². The predicted molar refractivity (Wildman–Crippen MR) is 53.5 cm³/mol. The molecule has 0 atom stereocenters. The molecule has 1 aliphatic rings. The Hall–Kier alpha value is -1.44. The van der Waals surface area contributed by atoms with E-state index in [1.165, 1.54) is 12.1 Å². The number of rotatable bonds is 2. The van der Waals surface area contributed by atoms with Gasteiger partial charge in [-0.05, 0) is 23.2 Å². The summed E-state index contributed by atoms with van der Waals surface area (Å²) in [7, 11) is -1.11. The number of carbonyl (C=O) groups excluding carboxylic acids is 1. The van der Waals surface area contributed by atoms with Crippen LogP contribution in [-0.4, -0.2) is 24.7 Å². The molecule has 2 rings (SSSR count). The second-order valence-electron chi connectivity index (χ2n) is 3.32. The maximum Gasteiger partial charge on any atom is 0.491 e. The fourth-order valence-electron chi connectivity index (χ4n) is 1.47. The molecule has 5 nitrogen and oxygen atoms in total. The van der Waals surface area contributed by atoms with Gasteiger partial charge in [0.1, 0.15) is 0 Å².